The molecule has 0 radical (unpaired) electrons. The van der Waals surface area contributed by atoms with E-state index in [9.17, 15) is 4.79 Å². The number of benzene rings is 1. The summed E-state index contributed by atoms with van der Waals surface area (Å²) in [5.74, 6) is -0.961. The van der Waals surface area contributed by atoms with E-state index in [-0.39, 0.29) is 5.56 Å². The van der Waals surface area contributed by atoms with Crippen LogP contribution in [0.3, 0.4) is 0 Å². The molecule has 0 atom stereocenters. The number of carboxylic acid groups (broad SMARTS) is 1. The first-order valence-corrected chi connectivity index (χ1v) is 5.00. The Labute approximate surface area is 97.3 Å². The van der Waals surface area contributed by atoms with E-state index in [1.807, 2.05) is 0 Å². The summed E-state index contributed by atoms with van der Waals surface area (Å²) in [7, 11) is 0. The molecule has 0 aliphatic heterocycles. The van der Waals surface area contributed by atoms with Crippen molar-refractivity contribution < 1.29 is 9.90 Å². The second-order valence-corrected chi connectivity index (χ2v) is 3.68. The van der Waals surface area contributed by atoms with Crippen molar-refractivity contribution in [1.82, 2.24) is 4.98 Å². The fourth-order valence-electron chi connectivity index (χ4n) is 1.34. The van der Waals surface area contributed by atoms with Crippen molar-refractivity contribution in [3.63, 3.8) is 0 Å². The van der Waals surface area contributed by atoms with Crippen LogP contribution >= 0.6 is 11.6 Å². The van der Waals surface area contributed by atoms with Crippen LogP contribution < -0.4 is 0 Å². The predicted molar refractivity (Wildman–Crippen MR) is 61.6 cm³/mol. The number of halogens is 1. The van der Waals surface area contributed by atoms with Crippen LogP contribution in [-0.2, 0) is 0 Å². The molecular weight excluding hydrogens is 226 g/mol. The Morgan fingerprint density at radius 1 is 1.19 bits per heavy atom. The molecule has 1 heterocycles. The first-order chi connectivity index (χ1) is 7.66. The van der Waals surface area contributed by atoms with E-state index >= 15 is 0 Å². The highest BCUT2D eigenvalue weighted by molar-refractivity contribution is 6.30. The first-order valence-electron chi connectivity index (χ1n) is 4.62. The largest absolute Gasteiger partial charge is 0.478 e. The minimum atomic E-state index is -0.961. The number of pyridine rings is 1. The maximum Gasteiger partial charge on any atom is 0.335 e. The van der Waals surface area contributed by atoms with E-state index in [2.05, 4.69) is 4.98 Å². The molecule has 0 bridgehead atoms. The Balaban J connectivity index is 2.44. The quantitative estimate of drug-likeness (QED) is 0.867. The highest BCUT2D eigenvalue weighted by Crippen LogP contribution is 2.20. The van der Waals surface area contributed by atoms with Crippen molar-refractivity contribution in [3.8, 4) is 11.3 Å². The first kappa shape index (κ1) is 10.6. The molecule has 0 aliphatic carbocycles. The van der Waals surface area contributed by atoms with Gasteiger partial charge in [-0.3, -0.25) is 4.98 Å². The molecule has 0 fully saturated rings. The monoisotopic (exact) mass is 233 g/mol. The zero-order valence-corrected chi connectivity index (χ0v) is 8.98. The van der Waals surface area contributed by atoms with Gasteiger partial charge in [0.05, 0.1) is 11.3 Å². The lowest BCUT2D eigenvalue weighted by Crippen LogP contribution is -1.97. The molecule has 1 N–H and O–H groups in total. The van der Waals surface area contributed by atoms with Gasteiger partial charge in [-0.05, 0) is 24.3 Å². The van der Waals surface area contributed by atoms with Gasteiger partial charge >= 0.3 is 5.97 Å². The van der Waals surface area contributed by atoms with E-state index in [1.54, 1.807) is 24.3 Å². The topological polar surface area (TPSA) is 50.2 Å². The van der Waals surface area contributed by atoms with E-state index in [4.69, 9.17) is 16.7 Å². The number of carboxylic acids is 1. The number of hydrogen-bond acceptors (Lipinski definition) is 2. The van der Waals surface area contributed by atoms with Crippen LogP contribution in [0.2, 0.25) is 5.02 Å². The van der Waals surface area contributed by atoms with Crippen molar-refractivity contribution in [1.29, 1.82) is 0 Å². The van der Waals surface area contributed by atoms with Gasteiger partial charge in [0, 0.05) is 16.8 Å². The highest BCUT2D eigenvalue weighted by Gasteiger charge is 2.05. The molecular formula is C12H8ClNO2. The zero-order chi connectivity index (χ0) is 11.5. The fraction of sp³-hybridized carbons (Fsp3) is 0. The molecule has 0 aliphatic rings. The summed E-state index contributed by atoms with van der Waals surface area (Å²) >= 11 is 5.77. The third-order valence-electron chi connectivity index (χ3n) is 2.15. The average Bonchev–Trinajstić information content (AvgIpc) is 2.30. The summed E-state index contributed by atoms with van der Waals surface area (Å²) in [4.78, 5) is 14.9. The van der Waals surface area contributed by atoms with Crippen molar-refractivity contribution in [2.45, 2.75) is 0 Å². The van der Waals surface area contributed by atoms with Gasteiger partial charge in [-0.15, -0.1) is 0 Å². The number of rotatable bonds is 2. The third-order valence-corrected chi connectivity index (χ3v) is 2.40. The summed E-state index contributed by atoms with van der Waals surface area (Å²) in [5, 5.41) is 9.49. The van der Waals surface area contributed by atoms with Crippen molar-refractivity contribution in [3.05, 3.63) is 53.2 Å². The summed E-state index contributed by atoms with van der Waals surface area (Å²) in [6.07, 6.45) is 1.48. The van der Waals surface area contributed by atoms with Gasteiger partial charge in [0.15, 0.2) is 0 Å². The van der Waals surface area contributed by atoms with Crippen LogP contribution in [0.4, 0.5) is 0 Å². The minimum absolute atomic E-state index is 0.222. The molecule has 0 spiro atoms. The lowest BCUT2D eigenvalue weighted by atomic mass is 10.1. The molecule has 0 unspecified atom stereocenters. The molecule has 2 rings (SSSR count). The summed E-state index contributed by atoms with van der Waals surface area (Å²) < 4.78 is 0. The van der Waals surface area contributed by atoms with E-state index in [0.717, 1.165) is 5.56 Å². The van der Waals surface area contributed by atoms with Crippen LogP contribution in [0, 0.1) is 0 Å². The standard InChI is InChI=1S/C12H8ClNO2/c13-10-3-1-8(2-4-10)11-7-9(12(15)16)5-6-14-11/h1-7H,(H,15,16). The van der Waals surface area contributed by atoms with Gasteiger partial charge in [-0.25, -0.2) is 4.79 Å². The summed E-state index contributed by atoms with van der Waals surface area (Å²) in [6.45, 7) is 0. The van der Waals surface area contributed by atoms with Gasteiger partial charge in [0.2, 0.25) is 0 Å². The Morgan fingerprint density at radius 3 is 2.50 bits per heavy atom. The average molecular weight is 234 g/mol. The number of hydrogen-bond donors (Lipinski definition) is 1. The van der Waals surface area contributed by atoms with Gasteiger partial charge < -0.3 is 5.11 Å². The smallest absolute Gasteiger partial charge is 0.335 e. The van der Waals surface area contributed by atoms with Gasteiger partial charge in [-0.2, -0.15) is 0 Å². The second kappa shape index (κ2) is 4.33. The number of carbonyl (C=O) groups is 1. The highest BCUT2D eigenvalue weighted by atomic mass is 35.5. The lowest BCUT2D eigenvalue weighted by molar-refractivity contribution is 0.0697. The van der Waals surface area contributed by atoms with Crippen LogP contribution in [0.1, 0.15) is 10.4 Å². The molecule has 1 aromatic carbocycles. The number of aromatic carboxylic acids is 1. The third kappa shape index (κ3) is 2.20. The van der Waals surface area contributed by atoms with Crippen LogP contribution in [0.5, 0.6) is 0 Å². The molecule has 0 saturated carbocycles. The van der Waals surface area contributed by atoms with E-state index in [1.165, 1.54) is 18.3 Å². The Hall–Kier alpha value is -1.87. The molecule has 0 amide bonds. The maximum atomic E-state index is 10.8. The summed E-state index contributed by atoms with van der Waals surface area (Å²) in [6, 6.07) is 10.1. The molecule has 3 nitrogen and oxygen atoms in total. The molecule has 80 valence electrons. The van der Waals surface area contributed by atoms with Crippen molar-refractivity contribution in [2.24, 2.45) is 0 Å². The predicted octanol–water partition coefficient (Wildman–Crippen LogP) is 3.10. The minimum Gasteiger partial charge on any atom is -0.478 e. The van der Waals surface area contributed by atoms with Crippen molar-refractivity contribution >= 4 is 17.6 Å². The van der Waals surface area contributed by atoms with E-state index < -0.39 is 5.97 Å². The van der Waals surface area contributed by atoms with Gasteiger partial charge in [0.25, 0.3) is 0 Å². The molecule has 16 heavy (non-hydrogen) atoms. The van der Waals surface area contributed by atoms with Gasteiger partial charge in [0.1, 0.15) is 0 Å². The SMILES string of the molecule is O=C(O)c1ccnc(-c2ccc(Cl)cc2)c1. The van der Waals surface area contributed by atoms with Crippen LogP contribution in [-0.4, -0.2) is 16.1 Å². The lowest BCUT2D eigenvalue weighted by Gasteiger charge is -2.01. The van der Waals surface area contributed by atoms with Crippen LogP contribution in [0.15, 0.2) is 42.6 Å². The number of nitrogens with zero attached hydrogens (tertiary/aromatic N) is 1. The maximum absolute atomic E-state index is 10.8. The Bertz CT molecular complexity index is 523. The molecule has 2 aromatic rings. The van der Waals surface area contributed by atoms with Gasteiger partial charge in [-0.1, -0.05) is 23.7 Å². The summed E-state index contributed by atoms with van der Waals surface area (Å²) in [5.41, 5.74) is 1.68. The number of aromatic nitrogens is 1. The van der Waals surface area contributed by atoms with E-state index in [0.29, 0.717) is 10.7 Å². The zero-order valence-electron chi connectivity index (χ0n) is 8.22. The molecule has 0 saturated heterocycles. The Kier molecular flexibility index (Phi) is 2.88. The molecule has 4 heteroatoms. The Morgan fingerprint density at radius 2 is 1.88 bits per heavy atom. The normalized spacial score (nSPS) is 10.1. The molecule has 1 aromatic heterocycles. The fourth-order valence-corrected chi connectivity index (χ4v) is 1.47. The van der Waals surface area contributed by atoms with Crippen LogP contribution in [0.25, 0.3) is 11.3 Å². The second-order valence-electron chi connectivity index (χ2n) is 3.24. The van der Waals surface area contributed by atoms with Crippen molar-refractivity contribution in [2.75, 3.05) is 0 Å².